The van der Waals surface area contributed by atoms with Crippen molar-refractivity contribution < 1.29 is 14.7 Å². The first-order chi connectivity index (χ1) is 9.31. The first-order valence-electron chi connectivity index (χ1n) is 6.85. The van der Waals surface area contributed by atoms with E-state index in [1.807, 2.05) is 20.8 Å². The highest BCUT2D eigenvalue weighted by Crippen LogP contribution is 2.39. The molecule has 0 saturated heterocycles. The van der Waals surface area contributed by atoms with E-state index in [1.165, 1.54) is 0 Å². The Hall–Kier alpha value is -1.35. The minimum atomic E-state index is -0.882. The summed E-state index contributed by atoms with van der Waals surface area (Å²) in [6, 6.07) is 3.56. The zero-order chi connectivity index (χ0) is 15.0. The molecule has 0 spiro atoms. The number of carboxylic acid groups (broad SMARTS) is 1. The van der Waals surface area contributed by atoms with E-state index in [9.17, 15) is 14.7 Å². The number of hydrogen-bond donors (Lipinski definition) is 1. The Kier molecular flexibility index (Phi) is 4.19. The molecule has 3 atom stereocenters. The third-order valence-electron chi connectivity index (χ3n) is 4.30. The average molecular weight is 295 g/mol. The minimum Gasteiger partial charge on any atom is -0.481 e. The normalized spacial score (nSPS) is 25.7. The van der Waals surface area contributed by atoms with Gasteiger partial charge in [0.05, 0.1) is 10.9 Å². The summed E-state index contributed by atoms with van der Waals surface area (Å²) in [4.78, 5) is 24.0. The Morgan fingerprint density at radius 2 is 1.70 bits per heavy atom. The standard InChI is InChI=1S/C16H19ClO3/c1-8-4-11(12(5-8)16(19)20)15(18)13-6-9(2)10(3)7-14(13)17/h6-8,11-12H,4-5H2,1-3H3,(H,19,20). The van der Waals surface area contributed by atoms with Crippen LogP contribution in [0.25, 0.3) is 0 Å². The Balaban J connectivity index is 2.36. The molecule has 1 saturated carbocycles. The third-order valence-corrected chi connectivity index (χ3v) is 4.61. The number of hydrogen-bond acceptors (Lipinski definition) is 2. The van der Waals surface area contributed by atoms with Gasteiger partial charge in [-0.05, 0) is 55.9 Å². The van der Waals surface area contributed by atoms with Gasteiger partial charge in [0.25, 0.3) is 0 Å². The van der Waals surface area contributed by atoms with Crippen molar-refractivity contribution in [3.8, 4) is 0 Å². The number of ketones is 1. The van der Waals surface area contributed by atoms with Crippen LogP contribution in [0.1, 0.15) is 41.3 Å². The maximum absolute atomic E-state index is 12.6. The summed E-state index contributed by atoms with van der Waals surface area (Å²) in [6.45, 7) is 5.85. The van der Waals surface area contributed by atoms with Crippen LogP contribution in [0.3, 0.4) is 0 Å². The molecule has 3 unspecified atom stereocenters. The highest BCUT2D eigenvalue weighted by atomic mass is 35.5. The van der Waals surface area contributed by atoms with E-state index in [1.54, 1.807) is 12.1 Å². The number of aliphatic carboxylic acids is 1. The van der Waals surface area contributed by atoms with E-state index in [-0.39, 0.29) is 11.7 Å². The van der Waals surface area contributed by atoms with Crippen molar-refractivity contribution in [3.05, 3.63) is 33.8 Å². The molecule has 1 aliphatic rings. The van der Waals surface area contributed by atoms with Gasteiger partial charge >= 0.3 is 5.97 Å². The predicted octanol–water partition coefficient (Wildman–Crippen LogP) is 3.89. The molecule has 0 aromatic heterocycles. The molecule has 4 heteroatoms. The smallest absolute Gasteiger partial charge is 0.307 e. The average Bonchev–Trinajstić information content (AvgIpc) is 2.75. The monoisotopic (exact) mass is 294 g/mol. The largest absolute Gasteiger partial charge is 0.481 e. The van der Waals surface area contributed by atoms with E-state index in [0.29, 0.717) is 23.4 Å². The van der Waals surface area contributed by atoms with Gasteiger partial charge in [-0.1, -0.05) is 18.5 Å². The summed E-state index contributed by atoms with van der Waals surface area (Å²) in [5, 5.41) is 9.70. The molecule has 0 heterocycles. The van der Waals surface area contributed by atoms with Crippen LogP contribution in [0.15, 0.2) is 12.1 Å². The van der Waals surface area contributed by atoms with Crippen LogP contribution in [0.5, 0.6) is 0 Å². The van der Waals surface area contributed by atoms with Gasteiger partial charge in [0, 0.05) is 11.5 Å². The second kappa shape index (κ2) is 5.57. The number of rotatable bonds is 3. The molecular formula is C16H19ClO3. The maximum atomic E-state index is 12.6. The van der Waals surface area contributed by atoms with Crippen molar-refractivity contribution in [2.75, 3.05) is 0 Å². The van der Waals surface area contributed by atoms with Gasteiger partial charge in [0.1, 0.15) is 0 Å². The van der Waals surface area contributed by atoms with Gasteiger partial charge in [-0.3, -0.25) is 9.59 Å². The molecule has 2 rings (SSSR count). The number of Topliss-reactive ketones (excluding diaryl/α,β-unsaturated/α-hetero) is 1. The van der Waals surface area contributed by atoms with Crippen LogP contribution in [-0.4, -0.2) is 16.9 Å². The van der Waals surface area contributed by atoms with Crippen LogP contribution < -0.4 is 0 Å². The lowest BCUT2D eigenvalue weighted by Crippen LogP contribution is -2.25. The predicted molar refractivity (Wildman–Crippen MR) is 78.3 cm³/mol. The first kappa shape index (κ1) is 15.0. The quantitative estimate of drug-likeness (QED) is 0.861. The summed E-state index contributed by atoms with van der Waals surface area (Å²) in [7, 11) is 0. The van der Waals surface area contributed by atoms with Crippen LogP contribution in [0.2, 0.25) is 5.02 Å². The Bertz CT molecular complexity index is 565. The minimum absolute atomic E-state index is 0.130. The van der Waals surface area contributed by atoms with E-state index < -0.39 is 17.8 Å². The van der Waals surface area contributed by atoms with E-state index in [0.717, 1.165) is 11.1 Å². The number of aryl methyl sites for hydroxylation is 2. The van der Waals surface area contributed by atoms with E-state index in [4.69, 9.17) is 11.6 Å². The molecule has 1 fully saturated rings. The maximum Gasteiger partial charge on any atom is 0.307 e. The van der Waals surface area contributed by atoms with Crippen LogP contribution >= 0.6 is 11.6 Å². The molecule has 0 amide bonds. The topological polar surface area (TPSA) is 54.4 Å². The molecule has 108 valence electrons. The van der Waals surface area contributed by atoms with Crippen molar-refractivity contribution in [2.45, 2.75) is 33.6 Å². The lowest BCUT2D eigenvalue weighted by Gasteiger charge is -2.16. The molecular weight excluding hydrogens is 276 g/mol. The van der Waals surface area contributed by atoms with Crippen LogP contribution in [0.4, 0.5) is 0 Å². The molecule has 1 aromatic rings. The molecule has 1 aliphatic carbocycles. The number of carbonyl (C=O) groups is 2. The number of benzene rings is 1. The SMILES string of the molecule is Cc1cc(Cl)c(C(=O)C2CC(C)CC2C(=O)O)cc1C. The van der Waals surface area contributed by atoms with Crippen molar-refractivity contribution in [3.63, 3.8) is 0 Å². The molecule has 1 aromatic carbocycles. The zero-order valence-electron chi connectivity index (χ0n) is 11.9. The van der Waals surface area contributed by atoms with Gasteiger partial charge in [-0.25, -0.2) is 0 Å². The summed E-state index contributed by atoms with van der Waals surface area (Å²) in [5.41, 5.74) is 2.48. The number of carboxylic acids is 1. The Morgan fingerprint density at radius 1 is 1.15 bits per heavy atom. The van der Waals surface area contributed by atoms with Crippen molar-refractivity contribution in [2.24, 2.45) is 17.8 Å². The van der Waals surface area contributed by atoms with Gasteiger partial charge < -0.3 is 5.11 Å². The lowest BCUT2D eigenvalue weighted by molar-refractivity contribution is -0.142. The molecule has 1 N–H and O–H groups in total. The van der Waals surface area contributed by atoms with Gasteiger partial charge in [-0.2, -0.15) is 0 Å². The first-order valence-corrected chi connectivity index (χ1v) is 7.22. The fourth-order valence-electron chi connectivity index (χ4n) is 3.02. The molecule has 0 radical (unpaired) electrons. The Labute approximate surface area is 123 Å². The second-order valence-corrected chi connectivity index (χ2v) is 6.32. The third kappa shape index (κ3) is 2.73. The highest BCUT2D eigenvalue weighted by Gasteiger charge is 2.41. The molecule has 3 nitrogen and oxygen atoms in total. The van der Waals surface area contributed by atoms with Crippen LogP contribution in [0, 0.1) is 31.6 Å². The summed E-state index contributed by atoms with van der Waals surface area (Å²) in [5.74, 6) is -1.80. The van der Waals surface area contributed by atoms with Gasteiger partial charge in [0.15, 0.2) is 5.78 Å². The van der Waals surface area contributed by atoms with Crippen molar-refractivity contribution in [1.82, 2.24) is 0 Å². The summed E-state index contributed by atoms with van der Waals surface area (Å²) >= 11 is 6.17. The summed E-state index contributed by atoms with van der Waals surface area (Å²) < 4.78 is 0. The van der Waals surface area contributed by atoms with Crippen LogP contribution in [-0.2, 0) is 4.79 Å². The summed E-state index contributed by atoms with van der Waals surface area (Å²) in [6.07, 6.45) is 1.19. The van der Waals surface area contributed by atoms with Crippen molar-refractivity contribution >= 4 is 23.4 Å². The Morgan fingerprint density at radius 3 is 2.30 bits per heavy atom. The lowest BCUT2D eigenvalue weighted by atomic mass is 9.87. The van der Waals surface area contributed by atoms with E-state index >= 15 is 0 Å². The number of halogens is 1. The molecule has 0 bridgehead atoms. The molecule has 20 heavy (non-hydrogen) atoms. The molecule has 0 aliphatic heterocycles. The highest BCUT2D eigenvalue weighted by molar-refractivity contribution is 6.34. The number of carbonyl (C=O) groups excluding carboxylic acids is 1. The van der Waals surface area contributed by atoms with Gasteiger partial charge in [0.2, 0.25) is 0 Å². The second-order valence-electron chi connectivity index (χ2n) is 5.91. The van der Waals surface area contributed by atoms with Crippen molar-refractivity contribution in [1.29, 1.82) is 0 Å². The van der Waals surface area contributed by atoms with E-state index in [2.05, 4.69) is 0 Å². The zero-order valence-corrected chi connectivity index (χ0v) is 12.7. The van der Waals surface area contributed by atoms with Gasteiger partial charge in [-0.15, -0.1) is 0 Å². The fraction of sp³-hybridized carbons (Fsp3) is 0.500. The fourth-order valence-corrected chi connectivity index (χ4v) is 3.34.